The number of fused-ring (bicyclic) bond motifs is 1. The van der Waals surface area contributed by atoms with Crippen LogP contribution in [0.5, 0.6) is 0 Å². The first-order valence-electron chi connectivity index (χ1n) is 9.38. The number of hydrogen-bond acceptors (Lipinski definition) is 4. The van der Waals surface area contributed by atoms with Crippen LogP contribution in [0.4, 0.5) is 0 Å². The number of amides is 1. The Kier molecular flexibility index (Phi) is 5.30. The molecule has 2 aromatic carbocycles. The van der Waals surface area contributed by atoms with E-state index in [0.29, 0.717) is 18.0 Å². The molecule has 1 N–H and O–H groups in total. The standard InChI is InChI=1S/C22H23N3O2/c26-21(11-12-22-24-19-5-1-2-6-20(19)27-22)23-15-17-7-9-18(10-8-17)16-25-13-3-4-14-25/h1-2,5-12H,3-4,13-16H2,(H,23,26). The molecule has 3 aromatic rings. The minimum atomic E-state index is -0.168. The van der Waals surface area contributed by atoms with Crippen LogP contribution in [0, 0.1) is 0 Å². The van der Waals surface area contributed by atoms with Crippen molar-refractivity contribution in [3.8, 4) is 0 Å². The summed E-state index contributed by atoms with van der Waals surface area (Å²) in [5.41, 5.74) is 3.91. The molecule has 0 radical (unpaired) electrons. The van der Waals surface area contributed by atoms with Gasteiger partial charge in [0, 0.05) is 25.2 Å². The number of nitrogens with zero attached hydrogens (tertiary/aromatic N) is 2. The molecule has 0 atom stereocenters. The van der Waals surface area contributed by atoms with Gasteiger partial charge in [-0.3, -0.25) is 9.69 Å². The van der Waals surface area contributed by atoms with Crippen LogP contribution in [-0.2, 0) is 17.9 Å². The van der Waals surface area contributed by atoms with Crippen molar-refractivity contribution < 1.29 is 9.21 Å². The van der Waals surface area contributed by atoms with Gasteiger partial charge in [0.15, 0.2) is 5.58 Å². The molecule has 138 valence electrons. The maximum atomic E-state index is 12.0. The Bertz CT molecular complexity index is 905. The average molecular weight is 361 g/mol. The number of likely N-dealkylation sites (tertiary alicyclic amines) is 1. The molecular weight excluding hydrogens is 338 g/mol. The average Bonchev–Trinajstić information content (AvgIpc) is 3.35. The third kappa shape index (κ3) is 4.63. The zero-order valence-corrected chi connectivity index (χ0v) is 15.2. The van der Waals surface area contributed by atoms with E-state index in [1.165, 1.54) is 37.6 Å². The lowest BCUT2D eigenvalue weighted by atomic mass is 10.1. The van der Waals surface area contributed by atoms with Crippen molar-refractivity contribution in [1.82, 2.24) is 15.2 Å². The van der Waals surface area contributed by atoms with Gasteiger partial charge < -0.3 is 9.73 Å². The van der Waals surface area contributed by atoms with Crippen molar-refractivity contribution in [2.75, 3.05) is 13.1 Å². The fourth-order valence-electron chi connectivity index (χ4n) is 3.32. The van der Waals surface area contributed by atoms with Crippen LogP contribution >= 0.6 is 0 Å². The lowest BCUT2D eigenvalue weighted by molar-refractivity contribution is -0.116. The molecule has 1 aromatic heterocycles. The van der Waals surface area contributed by atoms with Crippen LogP contribution in [0.2, 0.25) is 0 Å². The molecule has 0 spiro atoms. The molecule has 0 unspecified atom stereocenters. The highest BCUT2D eigenvalue weighted by Crippen LogP contribution is 2.15. The molecule has 0 bridgehead atoms. The highest BCUT2D eigenvalue weighted by molar-refractivity contribution is 5.91. The van der Waals surface area contributed by atoms with Gasteiger partial charge in [0.05, 0.1) is 0 Å². The van der Waals surface area contributed by atoms with E-state index in [1.54, 1.807) is 6.08 Å². The molecule has 1 amide bonds. The fraction of sp³-hybridized carbons (Fsp3) is 0.273. The van der Waals surface area contributed by atoms with Crippen LogP contribution in [0.1, 0.15) is 29.9 Å². The van der Waals surface area contributed by atoms with E-state index in [4.69, 9.17) is 4.42 Å². The van der Waals surface area contributed by atoms with Crippen LogP contribution in [0.3, 0.4) is 0 Å². The van der Waals surface area contributed by atoms with E-state index < -0.39 is 0 Å². The molecule has 5 heteroatoms. The minimum absolute atomic E-state index is 0.168. The van der Waals surface area contributed by atoms with Gasteiger partial charge in [-0.15, -0.1) is 0 Å². The first-order valence-corrected chi connectivity index (χ1v) is 9.38. The summed E-state index contributed by atoms with van der Waals surface area (Å²) < 4.78 is 5.57. The number of carbonyl (C=O) groups is 1. The van der Waals surface area contributed by atoms with Crippen LogP contribution in [-0.4, -0.2) is 28.9 Å². The summed E-state index contributed by atoms with van der Waals surface area (Å²) in [6.07, 6.45) is 5.66. The van der Waals surface area contributed by atoms with Crippen LogP contribution < -0.4 is 5.32 Å². The Morgan fingerprint density at radius 2 is 1.81 bits per heavy atom. The number of oxazole rings is 1. The minimum Gasteiger partial charge on any atom is -0.437 e. The molecule has 0 aliphatic carbocycles. The SMILES string of the molecule is O=C(C=Cc1nc2ccccc2o1)NCc1ccc(CN2CCCC2)cc1. The van der Waals surface area contributed by atoms with Crippen LogP contribution in [0.25, 0.3) is 17.2 Å². The maximum Gasteiger partial charge on any atom is 0.244 e. The molecule has 5 nitrogen and oxygen atoms in total. The Labute approximate surface area is 158 Å². The summed E-state index contributed by atoms with van der Waals surface area (Å²) in [4.78, 5) is 18.8. The number of aromatic nitrogens is 1. The van der Waals surface area contributed by atoms with Gasteiger partial charge in [0.1, 0.15) is 5.52 Å². The largest absolute Gasteiger partial charge is 0.437 e. The Balaban J connectivity index is 1.28. The third-order valence-electron chi connectivity index (χ3n) is 4.78. The van der Waals surface area contributed by atoms with E-state index in [2.05, 4.69) is 39.5 Å². The summed E-state index contributed by atoms with van der Waals surface area (Å²) in [7, 11) is 0. The molecule has 1 fully saturated rings. The normalized spacial score (nSPS) is 15.0. The van der Waals surface area contributed by atoms with Gasteiger partial charge in [-0.1, -0.05) is 36.4 Å². The van der Waals surface area contributed by atoms with E-state index in [1.807, 2.05) is 24.3 Å². The summed E-state index contributed by atoms with van der Waals surface area (Å²) in [6, 6.07) is 16.0. The van der Waals surface area contributed by atoms with Gasteiger partial charge in [0.2, 0.25) is 11.8 Å². The predicted octanol–water partition coefficient (Wildman–Crippen LogP) is 3.75. The Morgan fingerprint density at radius 1 is 1.07 bits per heavy atom. The second-order valence-electron chi connectivity index (χ2n) is 6.87. The number of carbonyl (C=O) groups excluding carboxylic acids is 1. The summed E-state index contributed by atoms with van der Waals surface area (Å²) >= 11 is 0. The zero-order valence-electron chi connectivity index (χ0n) is 15.2. The highest BCUT2D eigenvalue weighted by Gasteiger charge is 2.11. The van der Waals surface area contributed by atoms with Crippen molar-refractivity contribution in [3.05, 3.63) is 71.6 Å². The molecule has 4 rings (SSSR count). The second-order valence-corrected chi connectivity index (χ2v) is 6.87. The lowest BCUT2D eigenvalue weighted by Gasteiger charge is -2.14. The predicted molar refractivity (Wildman–Crippen MR) is 106 cm³/mol. The van der Waals surface area contributed by atoms with E-state index >= 15 is 0 Å². The molecule has 1 aliphatic rings. The van der Waals surface area contributed by atoms with Gasteiger partial charge in [-0.05, 0) is 49.2 Å². The summed E-state index contributed by atoms with van der Waals surface area (Å²) in [6.45, 7) is 3.91. The van der Waals surface area contributed by atoms with E-state index in [-0.39, 0.29) is 5.91 Å². The van der Waals surface area contributed by atoms with Crippen molar-refractivity contribution in [2.24, 2.45) is 0 Å². The molecule has 2 heterocycles. The Morgan fingerprint density at radius 3 is 2.59 bits per heavy atom. The topological polar surface area (TPSA) is 58.4 Å². The first-order chi connectivity index (χ1) is 13.3. The summed E-state index contributed by atoms with van der Waals surface area (Å²) in [5, 5.41) is 2.89. The highest BCUT2D eigenvalue weighted by atomic mass is 16.3. The van der Waals surface area contributed by atoms with Crippen molar-refractivity contribution in [2.45, 2.75) is 25.9 Å². The van der Waals surface area contributed by atoms with Gasteiger partial charge in [0.25, 0.3) is 0 Å². The van der Waals surface area contributed by atoms with Crippen LogP contribution in [0.15, 0.2) is 59.0 Å². The van der Waals surface area contributed by atoms with E-state index in [9.17, 15) is 4.79 Å². The quantitative estimate of drug-likeness (QED) is 0.679. The molecule has 1 saturated heterocycles. The zero-order chi connectivity index (χ0) is 18.5. The monoisotopic (exact) mass is 361 g/mol. The number of benzene rings is 2. The van der Waals surface area contributed by atoms with E-state index in [0.717, 1.165) is 17.6 Å². The molecule has 1 aliphatic heterocycles. The maximum absolute atomic E-state index is 12.0. The molecule has 0 saturated carbocycles. The smallest absolute Gasteiger partial charge is 0.244 e. The lowest BCUT2D eigenvalue weighted by Crippen LogP contribution is -2.20. The van der Waals surface area contributed by atoms with Crippen molar-refractivity contribution in [1.29, 1.82) is 0 Å². The third-order valence-corrected chi connectivity index (χ3v) is 4.78. The molecule has 27 heavy (non-hydrogen) atoms. The number of rotatable bonds is 6. The Hall–Kier alpha value is -2.92. The number of para-hydroxylation sites is 2. The first kappa shape index (κ1) is 17.5. The number of hydrogen-bond donors (Lipinski definition) is 1. The number of nitrogens with one attached hydrogen (secondary N) is 1. The van der Waals surface area contributed by atoms with Gasteiger partial charge >= 0.3 is 0 Å². The molecular formula is C22H23N3O2. The fourth-order valence-corrected chi connectivity index (χ4v) is 3.32. The summed E-state index contributed by atoms with van der Waals surface area (Å²) in [5.74, 6) is 0.260. The van der Waals surface area contributed by atoms with Gasteiger partial charge in [-0.2, -0.15) is 0 Å². The second kappa shape index (κ2) is 8.18. The van der Waals surface area contributed by atoms with Crippen molar-refractivity contribution in [3.63, 3.8) is 0 Å². The van der Waals surface area contributed by atoms with Gasteiger partial charge in [-0.25, -0.2) is 4.98 Å². The van der Waals surface area contributed by atoms with Crippen molar-refractivity contribution >= 4 is 23.1 Å².